The number of halogens is 1. The van der Waals surface area contributed by atoms with E-state index in [1.807, 2.05) is 0 Å². The number of hydrogen-bond donors (Lipinski definition) is 4. The van der Waals surface area contributed by atoms with E-state index < -0.39 is 34.4 Å². The Morgan fingerprint density at radius 2 is 1.74 bits per heavy atom. The van der Waals surface area contributed by atoms with Gasteiger partial charge in [0.2, 0.25) is 0 Å². The van der Waals surface area contributed by atoms with E-state index in [1.54, 1.807) is 47.2 Å². The van der Waals surface area contributed by atoms with Crippen LogP contribution in [0.15, 0.2) is 59.5 Å². The number of pyridine rings is 1. The predicted molar refractivity (Wildman–Crippen MR) is 112 cm³/mol. The van der Waals surface area contributed by atoms with Crippen LogP contribution in [0.2, 0.25) is 0 Å². The van der Waals surface area contributed by atoms with Crippen LogP contribution in [-0.4, -0.2) is 31.7 Å². The van der Waals surface area contributed by atoms with Gasteiger partial charge in [-0.15, -0.1) is 0 Å². The molecule has 4 rings (SSSR count). The van der Waals surface area contributed by atoms with Crippen LogP contribution in [0.3, 0.4) is 0 Å². The van der Waals surface area contributed by atoms with Gasteiger partial charge in [0.15, 0.2) is 0 Å². The molecule has 0 aliphatic rings. The second-order valence-corrected chi connectivity index (χ2v) is 6.91. The number of aromatic carboxylic acids is 2. The minimum absolute atomic E-state index is 0.212. The number of nitrogens with zero attached hydrogens (tertiary/aromatic N) is 1. The molecule has 0 amide bonds. The molecule has 156 valence electrons. The van der Waals surface area contributed by atoms with Gasteiger partial charge in [-0.25, -0.2) is 14.0 Å². The number of hydrogen-bond acceptors (Lipinski definition) is 4. The lowest BCUT2D eigenvalue weighted by atomic mass is 9.94. The van der Waals surface area contributed by atoms with Gasteiger partial charge in [-0.05, 0) is 29.8 Å². The molecule has 9 heteroatoms. The van der Waals surface area contributed by atoms with Crippen LogP contribution >= 0.6 is 0 Å². The van der Waals surface area contributed by atoms with Crippen LogP contribution in [0.25, 0.3) is 22.0 Å². The molecule has 8 nitrogen and oxygen atoms in total. The van der Waals surface area contributed by atoms with Crippen LogP contribution in [0.4, 0.5) is 10.2 Å². The molecule has 0 fully saturated rings. The molecule has 2 heterocycles. The number of H-pyrrole nitrogens is 1. The molecule has 5 N–H and O–H groups in total. The van der Waals surface area contributed by atoms with Gasteiger partial charge in [0, 0.05) is 28.2 Å². The van der Waals surface area contributed by atoms with E-state index in [0.717, 1.165) is 5.52 Å². The normalized spacial score (nSPS) is 11.0. The average molecular weight is 421 g/mol. The van der Waals surface area contributed by atoms with Gasteiger partial charge < -0.3 is 25.5 Å². The molecule has 0 bridgehead atoms. The summed E-state index contributed by atoms with van der Waals surface area (Å²) >= 11 is 0. The van der Waals surface area contributed by atoms with E-state index in [4.69, 9.17) is 5.73 Å². The van der Waals surface area contributed by atoms with E-state index in [2.05, 4.69) is 4.98 Å². The summed E-state index contributed by atoms with van der Waals surface area (Å²) < 4.78 is 15.8. The summed E-state index contributed by atoms with van der Waals surface area (Å²) in [6.45, 7) is 0.272. The maximum atomic E-state index is 14.0. The van der Waals surface area contributed by atoms with Gasteiger partial charge in [-0.1, -0.05) is 24.3 Å². The van der Waals surface area contributed by atoms with Crippen molar-refractivity contribution in [1.82, 2.24) is 9.55 Å². The van der Waals surface area contributed by atoms with Crippen molar-refractivity contribution in [2.45, 2.75) is 6.54 Å². The molecular formula is C22H16FN3O5. The van der Waals surface area contributed by atoms with Crippen LogP contribution in [0.5, 0.6) is 0 Å². The third-order valence-electron chi connectivity index (χ3n) is 5.03. The van der Waals surface area contributed by atoms with Crippen LogP contribution in [0, 0.1) is 5.82 Å². The summed E-state index contributed by atoms with van der Waals surface area (Å²) in [7, 11) is 0. The van der Waals surface area contributed by atoms with Crippen LogP contribution in [0.1, 0.15) is 26.3 Å². The molecule has 0 atom stereocenters. The Kier molecular flexibility index (Phi) is 4.78. The largest absolute Gasteiger partial charge is 0.478 e. The number of carboxylic acids is 2. The van der Waals surface area contributed by atoms with Crippen LogP contribution < -0.4 is 11.3 Å². The van der Waals surface area contributed by atoms with E-state index >= 15 is 0 Å². The molecule has 0 aliphatic heterocycles. The first-order chi connectivity index (χ1) is 14.8. The summed E-state index contributed by atoms with van der Waals surface area (Å²) in [6.07, 6.45) is 1.74. The number of anilines is 1. The first-order valence-electron chi connectivity index (χ1n) is 9.13. The second kappa shape index (κ2) is 7.45. The molecule has 2 aromatic carbocycles. The Hall–Kier alpha value is -4.40. The zero-order chi connectivity index (χ0) is 22.3. The van der Waals surface area contributed by atoms with Crippen molar-refractivity contribution in [1.29, 1.82) is 0 Å². The number of nitrogens with two attached hydrogens (primary N) is 1. The van der Waals surface area contributed by atoms with Crippen molar-refractivity contribution in [3.63, 3.8) is 0 Å². The highest BCUT2D eigenvalue weighted by atomic mass is 19.1. The standard InChI is InChI=1S/C22H16FN3O5/c23-14-4-2-1-3-13(14)10-26-8-7-11-9-12(5-6-15(11)26)16-17(21(28)29)19(24)25-20(27)18(16)22(30)31/h1-9H,10H2,(H,28,29)(H,30,31)(H3,24,25,27). The first-order valence-corrected chi connectivity index (χ1v) is 9.13. The lowest BCUT2D eigenvalue weighted by Gasteiger charge is -2.13. The van der Waals surface area contributed by atoms with Gasteiger partial charge in [0.05, 0.1) is 6.54 Å². The molecule has 0 unspecified atom stereocenters. The van der Waals surface area contributed by atoms with Gasteiger partial charge in [0.25, 0.3) is 5.56 Å². The SMILES string of the molecule is Nc1[nH]c(=O)c(C(=O)O)c(-c2ccc3c(ccn3Cc3ccccc3F)c2)c1C(=O)O. The van der Waals surface area contributed by atoms with Crippen molar-refractivity contribution in [2.24, 2.45) is 0 Å². The number of benzene rings is 2. The van der Waals surface area contributed by atoms with Crippen molar-refractivity contribution in [3.8, 4) is 11.1 Å². The fourth-order valence-electron chi connectivity index (χ4n) is 3.64. The van der Waals surface area contributed by atoms with E-state index in [9.17, 15) is 29.0 Å². The molecule has 0 saturated heterocycles. The Balaban J connectivity index is 1.89. The Morgan fingerprint density at radius 1 is 1.03 bits per heavy atom. The fraction of sp³-hybridized carbons (Fsp3) is 0.0455. The van der Waals surface area contributed by atoms with Gasteiger partial charge >= 0.3 is 11.9 Å². The predicted octanol–water partition coefficient (Wildman–Crippen LogP) is 3.16. The fourth-order valence-corrected chi connectivity index (χ4v) is 3.64. The third kappa shape index (κ3) is 3.42. The number of fused-ring (bicyclic) bond motifs is 1. The van der Waals surface area contributed by atoms with Gasteiger partial charge in [0.1, 0.15) is 22.8 Å². The van der Waals surface area contributed by atoms with Crippen molar-refractivity contribution >= 4 is 28.7 Å². The lowest BCUT2D eigenvalue weighted by molar-refractivity contribution is 0.0695. The monoisotopic (exact) mass is 421 g/mol. The first kappa shape index (κ1) is 19.9. The quantitative estimate of drug-likeness (QED) is 0.390. The number of carboxylic acid groups (broad SMARTS) is 2. The Labute approximate surface area is 174 Å². The molecular weight excluding hydrogens is 405 g/mol. The maximum Gasteiger partial charge on any atom is 0.342 e. The minimum atomic E-state index is -1.57. The third-order valence-corrected chi connectivity index (χ3v) is 5.03. The smallest absolute Gasteiger partial charge is 0.342 e. The molecule has 0 aliphatic carbocycles. The number of aromatic nitrogens is 2. The highest BCUT2D eigenvalue weighted by molar-refractivity contribution is 6.08. The number of aromatic amines is 1. The summed E-state index contributed by atoms with van der Waals surface area (Å²) in [5.41, 5.74) is 4.62. The highest BCUT2D eigenvalue weighted by Crippen LogP contribution is 2.32. The molecule has 0 saturated carbocycles. The van der Waals surface area contributed by atoms with Gasteiger partial charge in [-0.3, -0.25) is 4.79 Å². The maximum absolute atomic E-state index is 14.0. The number of nitrogen functional groups attached to an aromatic ring is 1. The van der Waals surface area contributed by atoms with Crippen LogP contribution in [-0.2, 0) is 6.54 Å². The summed E-state index contributed by atoms with van der Waals surface area (Å²) in [6, 6.07) is 12.8. The van der Waals surface area contributed by atoms with Gasteiger partial charge in [-0.2, -0.15) is 0 Å². The summed E-state index contributed by atoms with van der Waals surface area (Å²) in [5, 5.41) is 19.7. The molecule has 0 spiro atoms. The summed E-state index contributed by atoms with van der Waals surface area (Å²) in [5.74, 6) is -3.81. The number of carbonyl (C=O) groups is 2. The number of nitrogens with one attached hydrogen (secondary N) is 1. The average Bonchev–Trinajstić information content (AvgIpc) is 3.10. The minimum Gasteiger partial charge on any atom is -0.478 e. The topological polar surface area (TPSA) is 138 Å². The van der Waals surface area contributed by atoms with E-state index in [-0.39, 0.29) is 23.5 Å². The van der Waals surface area contributed by atoms with E-state index in [0.29, 0.717) is 10.9 Å². The molecule has 31 heavy (non-hydrogen) atoms. The Bertz CT molecular complexity index is 1420. The van der Waals surface area contributed by atoms with Crippen molar-refractivity contribution in [2.75, 3.05) is 5.73 Å². The lowest BCUT2D eigenvalue weighted by Crippen LogP contribution is -2.24. The second-order valence-electron chi connectivity index (χ2n) is 6.91. The number of rotatable bonds is 5. The molecule has 0 radical (unpaired) electrons. The zero-order valence-electron chi connectivity index (χ0n) is 15.9. The van der Waals surface area contributed by atoms with Crippen molar-refractivity contribution < 1.29 is 24.2 Å². The van der Waals surface area contributed by atoms with E-state index in [1.165, 1.54) is 12.1 Å². The Morgan fingerprint density at radius 3 is 2.42 bits per heavy atom. The highest BCUT2D eigenvalue weighted by Gasteiger charge is 2.26. The molecule has 4 aromatic rings. The molecule has 2 aromatic heterocycles. The zero-order valence-corrected chi connectivity index (χ0v) is 15.9. The van der Waals surface area contributed by atoms with Crippen molar-refractivity contribution in [3.05, 3.63) is 87.6 Å². The summed E-state index contributed by atoms with van der Waals surface area (Å²) in [4.78, 5) is 37.8.